The first-order valence-electron chi connectivity index (χ1n) is 6.61. The number of rotatable bonds is 4. The van der Waals surface area contributed by atoms with E-state index in [2.05, 4.69) is 5.32 Å². The van der Waals surface area contributed by atoms with Gasteiger partial charge in [0.2, 0.25) is 10.0 Å². The molecule has 1 N–H and O–H groups in total. The molecular formula is C15H13ClF2N2O3S. The normalized spacial score (nSPS) is 11.6. The maximum absolute atomic E-state index is 13.6. The standard InChI is InChI=1S/C15H13ClF2N2O3S/c1-20(2)24(22,23)10-4-5-12(16)11(8-10)15(21)19-14-7-9(17)3-6-13(14)18/h3-8H,1-2H3,(H,19,21). The van der Waals surface area contributed by atoms with Crippen molar-refractivity contribution in [2.45, 2.75) is 4.90 Å². The van der Waals surface area contributed by atoms with E-state index in [1.807, 2.05) is 0 Å². The highest BCUT2D eigenvalue weighted by Gasteiger charge is 2.21. The third-order valence-corrected chi connectivity index (χ3v) is 5.28. The molecule has 128 valence electrons. The second-order valence-electron chi connectivity index (χ2n) is 5.01. The summed E-state index contributed by atoms with van der Waals surface area (Å²) < 4.78 is 52.0. The molecule has 0 saturated carbocycles. The monoisotopic (exact) mass is 374 g/mol. The van der Waals surface area contributed by atoms with Crippen LogP contribution in [0, 0.1) is 11.6 Å². The van der Waals surface area contributed by atoms with Crippen molar-refractivity contribution < 1.29 is 22.0 Å². The smallest absolute Gasteiger partial charge is 0.257 e. The lowest BCUT2D eigenvalue weighted by atomic mass is 10.2. The number of hydrogen-bond donors (Lipinski definition) is 1. The van der Waals surface area contributed by atoms with Gasteiger partial charge >= 0.3 is 0 Å². The molecule has 0 bridgehead atoms. The molecule has 0 aromatic heterocycles. The van der Waals surface area contributed by atoms with Crippen LogP contribution in [0.4, 0.5) is 14.5 Å². The Morgan fingerprint density at radius 2 is 1.79 bits per heavy atom. The maximum Gasteiger partial charge on any atom is 0.257 e. The van der Waals surface area contributed by atoms with E-state index in [4.69, 9.17) is 11.6 Å². The Morgan fingerprint density at radius 1 is 1.12 bits per heavy atom. The number of amides is 1. The van der Waals surface area contributed by atoms with Gasteiger partial charge in [-0.1, -0.05) is 11.6 Å². The molecule has 2 rings (SSSR count). The van der Waals surface area contributed by atoms with Gasteiger partial charge in [-0.2, -0.15) is 0 Å². The summed E-state index contributed by atoms with van der Waals surface area (Å²) in [6, 6.07) is 6.14. The summed E-state index contributed by atoms with van der Waals surface area (Å²) >= 11 is 5.92. The van der Waals surface area contributed by atoms with Crippen molar-refractivity contribution >= 4 is 33.2 Å². The van der Waals surface area contributed by atoms with Crippen LogP contribution in [0.15, 0.2) is 41.3 Å². The summed E-state index contributed by atoms with van der Waals surface area (Å²) in [4.78, 5) is 12.1. The van der Waals surface area contributed by atoms with Crippen LogP contribution >= 0.6 is 11.6 Å². The quantitative estimate of drug-likeness (QED) is 0.894. The van der Waals surface area contributed by atoms with Crippen LogP contribution in [0.1, 0.15) is 10.4 Å². The third kappa shape index (κ3) is 3.72. The molecule has 2 aromatic rings. The zero-order valence-electron chi connectivity index (χ0n) is 12.7. The molecule has 24 heavy (non-hydrogen) atoms. The second kappa shape index (κ2) is 6.84. The van der Waals surface area contributed by atoms with Crippen LogP contribution in [0.5, 0.6) is 0 Å². The Bertz CT molecular complexity index is 902. The van der Waals surface area contributed by atoms with E-state index in [1.165, 1.54) is 26.2 Å². The average Bonchev–Trinajstić information content (AvgIpc) is 2.50. The number of nitrogens with zero attached hydrogens (tertiary/aromatic N) is 1. The van der Waals surface area contributed by atoms with Gasteiger partial charge in [-0.05, 0) is 30.3 Å². The van der Waals surface area contributed by atoms with Crippen molar-refractivity contribution in [3.8, 4) is 0 Å². The first kappa shape index (κ1) is 18.3. The van der Waals surface area contributed by atoms with Gasteiger partial charge in [0.05, 0.1) is 21.2 Å². The molecule has 1 amide bonds. The molecule has 9 heteroatoms. The van der Waals surface area contributed by atoms with Gasteiger partial charge in [-0.25, -0.2) is 21.5 Å². The maximum atomic E-state index is 13.6. The Hall–Kier alpha value is -2.03. The summed E-state index contributed by atoms with van der Waals surface area (Å²) in [7, 11) is -1.10. The number of nitrogens with one attached hydrogen (secondary N) is 1. The van der Waals surface area contributed by atoms with E-state index in [-0.39, 0.29) is 21.2 Å². The van der Waals surface area contributed by atoms with Gasteiger partial charge in [-0.15, -0.1) is 0 Å². The number of carbonyl (C=O) groups is 1. The van der Waals surface area contributed by atoms with Gasteiger partial charge < -0.3 is 5.32 Å². The lowest BCUT2D eigenvalue weighted by Gasteiger charge is -2.13. The molecule has 0 aliphatic heterocycles. The van der Waals surface area contributed by atoms with Crippen LogP contribution in [0.3, 0.4) is 0 Å². The number of sulfonamides is 1. The van der Waals surface area contributed by atoms with Gasteiger partial charge in [0, 0.05) is 20.2 Å². The Balaban J connectivity index is 2.41. The summed E-state index contributed by atoms with van der Waals surface area (Å²) in [5.74, 6) is -2.43. The summed E-state index contributed by atoms with van der Waals surface area (Å²) in [5.41, 5.74) is -0.555. The molecule has 0 heterocycles. The van der Waals surface area contributed by atoms with Crippen LogP contribution in [0.25, 0.3) is 0 Å². The highest BCUT2D eigenvalue weighted by molar-refractivity contribution is 7.89. The lowest BCUT2D eigenvalue weighted by Crippen LogP contribution is -2.23. The number of hydrogen-bond acceptors (Lipinski definition) is 3. The molecule has 0 unspecified atom stereocenters. The number of halogens is 3. The minimum Gasteiger partial charge on any atom is -0.319 e. The van der Waals surface area contributed by atoms with Crippen molar-refractivity contribution in [1.29, 1.82) is 0 Å². The zero-order chi connectivity index (χ0) is 18.1. The molecule has 0 fully saturated rings. The molecule has 0 radical (unpaired) electrons. The van der Waals surface area contributed by atoms with E-state index >= 15 is 0 Å². The molecule has 0 aliphatic carbocycles. The van der Waals surface area contributed by atoms with Crippen molar-refractivity contribution in [3.05, 3.63) is 58.6 Å². The first-order chi connectivity index (χ1) is 11.1. The molecule has 0 saturated heterocycles. The topological polar surface area (TPSA) is 66.5 Å². The summed E-state index contributed by atoms with van der Waals surface area (Å²) in [6.07, 6.45) is 0. The predicted molar refractivity (Wildman–Crippen MR) is 86.6 cm³/mol. The van der Waals surface area contributed by atoms with Gasteiger partial charge in [-0.3, -0.25) is 4.79 Å². The fraction of sp³-hybridized carbons (Fsp3) is 0.133. The largest absolute Gasteiger partial charge is 0.319 e. The van der Waals surface area contributed by atoms with E-state index in [0.29, 0.717) is 0 Å². The highest BCUT2D eigenvalue weighted by atomic mass is 35.5. The Kier molecular flexibility index (Phi) is 5.22. The molecular weight excluding hydrogens is 362 g/mol. The fourth-order valence-corrected chi connectivity index (χ4v) is 2.96. The van der Waals surface area contributed by atoms with E-state index in [9.17, 15) is 22.0 Å². The lowest BCUT2D eigenvalue weighted by molar-refractivity contribution is 0.102. The minimum absolute atomic E-state index is 0.0259. The van der Waals surface area contributed by atoms with Gasteiger partial charge in [0.1, 0.15) is 11.6 Å². The number of benzene rings is 2. The third-order valence-electron chi connectivity index (χ3n) is 3.14. The van der Waals surface area contributed by atoms with Crippen LogP contribution < -0.4 is 5.32 Å². The summed E-state index contributed by atoms with van der Waals surface area (Å²) in [6.45, 7) is 0. The number of carbonyl (C=O) groups excluding carboxylic acids is 1. The van der Waals surface area contributed by atoms with Crippen molar-refractivity contribution in [2.24, 2.45) is 0 Å². The van der Waals surface area contributed by atoms with Crippen LogP contribution in [-0.4, -0.2) is 32.7 Å². The van der Waals surface area contributed by atoms with Crippen molar-refractivity contribution in [1.82, 2.24) is 4.31 Å². The van der Waals surface area contributed by atoms with Gasteiger partial charge in [0.25, 0.3) is 5.91 Å². The first-order valence-corrected chi connectivity index (χ1v) is 8.43. The van der Waals surface area contributed by atoms with Crippen LogP contribution in [0.2, 0.25) is 5.02 Å². The predicted octanol–water partition coefficient (Wildman–Crippen LogP) is 3.12. The van der Waals surface area contributed by atoms with E-state index in [1.54, 1.807) is 0 Å². The minimum atomic E-state index is -3.78. The molecule has 0 atom stereocenters. The van der Waals surface area contributed by atoms with Gasteiger partial charge in [0.15, 0.2) is 0 Å². The molecule has 5 nitrogen and oxygen atoms in total. The molecule has 2 aromatic carbocycles. The summed E-state index contributed by atoms with van der Waals surface area (Å²) in [5, 5.41) is 2.14. The van der Waals surface area contributed by atoms with Crippen molar-refractivity contribution in [2.75, 3.05) is 19.4 Å². The van der Waals surface area contributed by atoms with E-state index in [0.717, 1.165) is 28.6 Å². The van der Waals surface area contributed by atoms with Crippen LogP contribution in [-0.2, 0) is 10.0 Å². The molecule has 0 spiro atoms. The highest BCUT2D eigenvalue weighted by Crippen LogP contribution is 2.24. The van der Waals surface area contributed by atoms with E-state index < -0.39 is 27.6 Å². The number of anilines is 1. The second-order valence-corrected chi connectivity index (χ2v) is 7.57. The Labute approximate surface area is 142 Å². The zero-order valence-corrected chi connectivity index (χ0v) is 14.3. The Morgan fingerprint density at radius 3 is 2.42 bits per heavy atom. The average molecular weight is 375 g/mol. The fourth-order valence-electron chi connectivity index (χ4n) is 1.83. The SMILES string of the molecule is CN(C)S(=O)(=O)c1ccc(Cl)c(C(=O)Nc2cc(F)ccc2F)c1. The molecule has 0 aliphatic rings. The van der Waals surface area contributed by atoms with Crippen molar-refractivity contribution in [3.63, 3.8) is 0 Å².